The third kappa shape index (κ3) is 5.51. The zero-order chi connectivity index (χ0) is 20.0. The molecule has 0 saturated heterocycles. The van der Waals surface area contributed by atoms with Gasteiger partial charge < -0.3 is 4.74 Å². The molecule has 0 aliphatic rings. The summed E-state index contributed by atoms with van der Waals surface area (Å²) in [5.41, 5.74) is 1.83. The first-order valence-corrected chi connectivity index (χ1v) is 8.33. The molecule has 2 aromatic carbocycles. The molecule has 0 aliphatic heterocycles. The zero-order valence-electron chi connectivity index (χ0n) is 15.4. The molecule has 2 amide bonds. The highest BCUT2D eigenvalue weighted by Crippen LogP contribution is 2.22. The first-order chi connectivity index (χ1) is 12.7. The van der Waals surface area contributed by atoms with Gasteiger partial charge in [-0.2, -0.15) is 5.26 Å². The van der Waals surface area contributed by atoms with Crippen LogP contribution in [0.1, 0.15) is 52.6 Å². The molecular weight excluding hydrogens is 344 g/mol. The third-order valence-electron chi connectivity index (χ3n) is 3.83. The first-order valence-electron chi connectivity index (χ1n) is 8.33. The summed E-state index contributed by atoms with van der Waals surface area (Å²) in [6, 6.07) is 14.8. The highest BCUT2D eigenvalue weighted by atomic mass is 16.5. The molecule has 0 saturated carbocycles. The van der Waals surface area contributed by atoms with Crippen LogP contribution in [0.25, 0.3) is 0 Å². The Morgan fingerprint density at radius 2 is 1.70 bits per heavy atom. The van der Waals surface area contributed by atoms with Crippen molar-refractivity contribution in [1.29, 1.82) is 5.26 Å². The lowest BCUT2D eigenvalue weighted by Crippen LogP contribution is -2.34. The molecule has 0 atom stereocenters. The summed E-state index contributed by atoms with van der Waals surface area (Å²) in [5, 5.41) is 11.0. The standard InChI is InChI=1S/C21H20N2O4/c1-21(2,3)17-9-7-15(8-10-17)19(25)23-18(24)13-27-20(26)16-6-4-5-14(11-16)12-22/h4-11H,13H2,1-3H3,(H,23,24,25). The van der Waals surface area contributed by atoms with Crippen LogP contribution in [0.4, 0.5) is 0 Å². The van der Waals surface area contributed by atoms with Crippen LogP contribution >= 0.6 is 0 Å². The van der Waals surface area contributed by atoms with Crippen molar-refractivity contribution < 1.29 is 19.1 Å². The van der Waals surface area contributed by atoms with Gasteiger partial charge >= 0.3 is 5.97 Å². The molecule has 6 heteroatoms. The summed E-state index contributed by atoms with van der Waals surface area (Å²) in [6.45, 7) is 5.59. The molecule has 2 aromatic rings. The Balaban J connectivity index is 1.90. The minimum atomic E-state index is -0.746. The minimum absolute atomic E-state index is 0.0398. The highest BCUT2D eigenvalue weighted by molar-refractivity contribution is 6.05. The number of benzene rings is 2. The number of rotatable bonds is 4. The van der Waals surface area contributed by atoms with Crippen LogP contribution in [0, 0.1) is 11.3 Å². The molecule has 27 heavy (non-hydrogen) atoms. The highest BCUT2D eigenvalue weighted by Gasteiger charge is 2.16. The molecule has 0 radical (unpaired) electrons. The van der Waals surface area contributed by atoms with Gasteiger partial charge in [0.1, 0.15) is 0 Å². The maximum atomic E-state index is 12.1. The van der Waals surface area contributed by atoms with Crippen molar-refractivity contribution in [3.63, 3.8) is 0 Å². The van der Waals surface area contributed by atoms with E-state index in [0.717, 1.165) is 5.56 Å². The summed E-state index contributed by atoms with van der Waals surface area (Å²) >= 11 is 0. The van der Waals surface area contributed by atoms with Gasteiger partial charge in [0.15, 0.2) is 6.61 Å². The second-order valence-corrected chi connectivity index (χ2v) is 6.97. The summed E-state index contributed by atoms with van der Waals surface area (Å²) in [6.07, 6.45) is 0. The summed E-state index contributed by atoms with van der Waals surface area (Å²) < 4.78 is 4.88. The molecule has 0 aliphatic carbocycles. The van der Waals surface area contributed by atoms with Crippen molar-refractivity contribution in [3.8, 4) is 6.07 Å². The van der Waals surface area contributed by atoms with E-state index in [-0.39, 0.29) is 11.0 Å². The molecule has 1 N–H and O–H groups in total. The van der Waals surface area contributed by atoms with Crippen molar-refractivity contribution in [2.45, 2.75) is 26.2 Å². The van der Waals surface area contributed by atoms with E-state index in [1.807, 2.05) is 18.2 Å². The van der Waals surface area contributed by atoms with Crippen LogP contribution in [0.5, 0.6) is 0 Å². The van der Waals surface area contributed by atoms with Crippen molar-refractivity contribution in [3.05, 3.63) is 70.8 Å². The van der Waals surface area contributed by atoms with E-state index >= 15 is 0 Å². The summed E-state index contributed by atoms with van der Waals surface area (Å²) in [7, 11) is 0. The van der Waals surface area contributed by atoms with Gasteiger partial charge in [-0.05, 0) is 41.3 Å². The van der Waals surface area contributed by atoms with Gasteiger partial charge in [-0.3, -0.25) is 14.9 Å². The molecule has 0 bridgehead atoms. The van der Waals surface area contributed by atoms with E-state index in [1.165, 1.54) is 12.1 Å². The predicted octanol–water partition coefficient (Wildman–Crippen LogP) is 2.97. The number of hydrogen-bond donors (Lipinski definition) is 1. The van der Waals surface area contributed by atoms with Gasteiger partial charge in [-0.25, -0.2) is 4.79 Å². The fourth-order valence-corrected chi connectivity index (χ4v) is 2.29. The number of amides is 2. The smallest absolute Gasteiger partial charge is 0.338 e. The van der Waals surface area contributed by atoms with E-state index in [1.54, 1.807) is 24.3 Å². The maximum Gasteiger partial charge on any atom is 0.338 e. The van der Waals surface area contributed by atoms with E-state index < -0.39 is 24.4 Å². The second kappa shape index (κ2) is 8.28. The van der Waals surface area contributed by atoms with Crippen molar-refractivity contribution in [2.24, 2.45) is 0 Å². The van der Waals surface area contributed by atoms with Gasteiger partial charge in [0.05, 0.1) is 17.2 Å². The normalized spacial score (nSPS) is 10.6. The van der Waals surface area contributed by atoms with Gasteiger partial charge in [0.2, 0.25) is 0 Å². The Kier molecular flexibility index (Phi) is 6.09. The fraction of sp³-hybridized carbons (Fsp3) is 0.238. The van der Waals surface area contributed by atoms with Gasteiger partial charge in [0, 0.05) is 5.56 Å². The molecule has 0 fully saturated rings. The van der Waals surface area contributed by atoms with E-state index in [2.05, 4.69) is 26.1 Å². The number of ether oxygens (including phenoxy) is 1. The Labute approximate surface area is 157 Å². The van der Waals surface area contributed by atoms with Crippen LogP contribution in [-0.2, 0) is 14.9 Å². The molecule has 0 heterocycles. The number of nitrogens with zero attached hydrogens (tertiary/aromatic N) is 1. The van der Waals surface area contributed by atoms with Crippen LogP contribution < -0.4 is 5.32 Å². The number of nitriles is 1. The zero-order valence-corrected chi connectivity index (χ0v) is 15.4. The lowest BCUT2D eigenvalue weighted by atomic mass is 9.87. The number of imide groups is 1. The maximum absolute atomic E-state index is 12.1. The Morgan fingerprint density at radius 3 is 2.30 bits per heavy atom. The topological polar surface area (TPSA) is 96.3 Å². The summed E-state index contributed by atoms with van der Waals surface area (Å²) in [4.78, 5) is 35.9. The number of nitrogens with one attached hydrogen (secondary N) is 1. The molecule has 6 nitrogen and oxygen atoms in total. The molecule has 0 unspecified atom stereocenters. The van der Waals surface area contributed by atoms with Gasteiger partial charge in [-0.1, -0.05) is 39.0 Å². The van der Waals surface area contributed by atoms with Crippen LogP contribution in [0.2, 0.25) is 0 Å². The Bertz CT molecular complexity index is 903. The number of hydrogen-bond acceptors (Lipinski definition) is 5. The first kappa shape index (κ1) is 19.9. The Morgan fingerprint density at radius 1 is 1.04 bits per heavy atom. The molecule has 138 valence electrons. The predicted molar refractivity (Wildman–Crippen MR) is 99.1 cm³/mol. The monoisotopic (exact) mass is 364 g/mol. The average molecular weight is 364 g/mol. The number of esters is 1. The SMILES string of the molecule is CC(C)(C)c1ccc(C(=O)NC(=O)COC(=O)c2cccc(C#N)c2)cc1. The van der Waals surface area contributed by atoms with Gasteiger partial charge in [0.25, 0.3) is 11.8 Å². The number of carbonyl (C=O) groups excluding carboxylic acids is 3. The quantitative estimate of drug-likeness (QED) is 0.842. The van der Waals surface area contributed by atoms with Crippen LogP contribution in [0.15, 0.2) is 48.5 Å². The van der Waals surface area contributed by atoms with Crippen LogP contribution in [0.3, 0.4) is 0 Å². The van der Waals surface area contributed by atoms with Crippen molar-refractivity contribution in [1.82, 2.24) is 5.32 Å². The van der Waals surface area contributed by atoms with Gasteiger partial charge in [-0.15, -0.1) is 0 Å². The van der Waals surface area contributed by atoms with E-state index in [4.69, 9.17) is 10.00 Å². The molecule has 0 spiro atoms. The lowest BCUT2D eigenvalue weighted by molar-refractivity contribution is -0.123. The minimum Gasteiger partial charge on any atom is -0.452 e. The fourth-order valence-electron chi connectivity index (χ4n) is 2.29. The molecular formula is C21H20N2O4. The van der Waals surface area contributed by atoms with Crippen molar-refractivity contribution in [2.75, 3.05) is 6.61 Å². The largest absolute Gasteiger partial charge is 0.452 e. The van der Waals surface area contributed by atoms with E-state index in [0.29, 0.717) is 11.1 Å². The van der Waals surface area contributed by atoms with Crippen molar-refractivity contribution >= 4 is 17.8 Å². The molecule has 2 rings (SSSR count). The molecule has 0 aromatic heterocycles. The lowest BCUT2D eigenvalue weighted by Gasteiger charge is -2.18. The Hall–Kier alpha value is -3.46. The second-order valence-electron chi connectivity index (χ2n) is 6.97. The van der Waals surface area contributed by atoms with E-state index in [9.17, 15) is 14.4 Å². The third-order valence-corrected chi connectivity index (χ3v) is 3.83. The van der Waals surface area contributed by atoms with Crippen LogP contribution in [-0.4, -0.2) is 24.4 Å². The number of carbonyl (C=O) groups is 3. The summed E-state index contributed by atoms with van der Waals surface area (Å²) in [5.74, 6) is -2.04. The average Bonchev–Trinajstić information content (AvgIpc) is 2.65.